The van der Waals surface area contributed by atoms with Gasteiger partial charge < -0.3 is 9.72 Å². The fourth-order valence-electron chi connectivity index (χ4n) is 2.56. The zero-order valence-electron chi connectivity index (χ0n) is 11.3. The van der Waals surface area contributed by atoms with Crippen LogP contribution >= 0.6 is 12.2 Å². The van der Waals surface area contributed by atoms with Gasteiger partial charge in [0.15, 0.2) is 0 Å². The van der Waals surface area contributed by atoms with Gasteiger partial charge in [0, 0.05) is 18.7 Å². The van der Waals surface area contributed by atoms with Gasteiger partial charge >= 0.3 is 0 Å². The molecule has 1 unspecified atom stereocenters. The standard InChI is InChI=1S/C16H18N2OS/c20-16-11-14(12-6-2-1-3-7-12)17-15(18-16)10-13-8-4-5-9-19-13/h1-3,6-7,11,13H,4-5,8-10H2,(H,17,18,20). The number of nitrogens with zero attached hydrogens (tertiary/aromatic N) is 1. The zero-order valence-corrected chi connectivity index (χ0v) is 12.2. The number of aromatic nitrogens is 2. The molecule has 1 atom stereocenters. The minimum Gasteiger partial charge on any atom is -0.378 e. The lowest BCUT2D eigenvalue weighted by Gasteiger charge is -2.22. The van der Waals surface area contributed by atoms with Crippen LogP contribution in [0.15, 0.2) is 36.4 Å². The molecule has 3 nitrogen and oxygen atoms in total. The molecule has 0 radical (unpaired) electrons. The van der Waals surface area contributed by atoms with Gasteiger partial charge in [-0.3, -0.25) is 0 Å². The molecule has 1 aliphatic heterocycles. The highest BCUT2D eigenvalue weighted by Gasteiger charge is 2.15. The average Bonchev–Trinajstić information content (AvgIpc) is 2.49. The quantitative estimate of drug-likeness (QED) is 0.869. The monoisotopic (exact) mass is 286 g/mol. The minimum atomic E-state index is 0.271. The number of rotatable bonds is 3. The number of hydrogen-bond donors (Lipinski definition) is 1. The summed E-state index contributed by atoms with van der Waals surface area (Å²) in [5.41, 5.74) is 2.16. The smallest absolute Gasteiger partial charge is 0.130 e. The first-order valence-electron chi connectivity index (χ1n) is 7.08. The van der Waals surface area contributed by atoms with E-state index in [-0.39, 0.29) is 6.10 Å². The average molecular weight is 286 g/mol. The molecule has 2 aromatic rings. The van der Waals surface area contributed by atoms with Gasteiger partial charge in [0.25, 0.3) is 0 Å². The van der Waals surface area contributed by atoms with Crippen LogP contribution in [0.5, 0.6) is 0 Å². The molecule has 0 saturated carbocycles. The fourth-order valence-corrected chi connectivity index (χ4v) is 2.79. The van der Waals surface area contributed by atoms with Crippen LogP contribution < -0.4 is 0 Å². The van der Waals surface area contributed by atoms with Gasteiger partial charge in [-0.1, -0.05) is 42.5 Å². The van der Waals surface area contributed by atoms with Crippen molar-refractivity contribution in [2.45, 2.75) is 31.8 Å². The summed E-state index contributed by atoms with van der Waals surface area (Å²) in [4.78, 5) is 7.82. The van der Waals surface area contributed by atoms with Crippen LogP contribution in [0.3, 0.4) is 0 Å². The van der Waals surface area contributed by atoms with Crippen molar-refractivity contribution in [2.75, 3.05) is 6.61 Å². The summed E-state index contributed by atoms with van der Waals surface area (Å²) in [6, 6.07) is 12.1. The first kappa shape index (κ1) is 13.5. The molecule has 20 heavy (non-hydrogen) atoms. The second-order valence-electron chi connectivity index (χ2n) is 5.14. The van der Waals surface area contributed by atoms with Crippen LogP contribution in [-0.2, 0) is 11.2 Å². The Morgan fingerprint density at radius 2 is 2.10 bits per heavy atom. The molecule has 3 rings (SSSR count). The summed E-state index contributed by atoms with van der Waals surface area (Å²) < 4.78 is 6.41. The van der Waals surface area contributed by atoms with Crippen LogP contribution in [0.4, 0.5) is 0 Å². The maximum Gasteiger partial charge on any atom is 0.130 e. The summed E-state index contributed by atoms with van der Waals surface area (Å²) in [6.45, 7) is 0.865. The largest absolute Gasteiger partial charge is 0.378 e. The van der Waals surface area contributed by atoms with E-state index < -0.39 is 0 Å². The summed E-state index contributed by atoms with van der Waals surface area (Å²) >= 11 is 5.28. The first-order chi connectivity index (χ1) is 9.81. The SMILES string of the molecule is S=c1cc(-c2ccccc2)[nH]c(CC2CCCCO2)n1. The molecule has 104 valence electrons. The highest BCUT2D eigenvalue weighted by atomic mass is 32.1. The van der Waals surface area contributed by atoms with E-state index in [0.717, 1.165) is 36.5 Å². The van der Waals surface area contributed by atoms with Crippen LogP contribution in [-0.4, -0.2) is 22.7 Å². The number of H-pyrrole nitrogens is 1. The van der Waals surface area contributed by atoms with Gasteiger partial charge in [0.2, 0.25) is 0 Å². The lowest BCUT2D eigenvalue weighted by molar-refractivity contribution is 0.0156. The minimum absolute atomic E-state index is 0.271. The zero-order chi connectivity index (χ0) is 13.8. The number of nitrogens with one attached hydrogen (secondary N) is 1. The lowest BCUT2D eigenvalue weighted by Crippen LogP contribution is -2.22. The maximum atomic E-state index is 5.77. The first-order valence-corrected chi connectivity index (χ1v) is 7.49. The number of benzene rings is 1. The number of hydrogen-bond acceptors (Lipinski definition) is 3. The van der Waals surface area contributed by atoms with E-state index in [1.165, 1.54) is 12.8 Å². The van der Waals surface area contributed by atoms with E-state index in [9.17, 15) is 0 Å². The van der Waals surface area contributed by atoms with E-state index in [2.05, 4.69) is 22.1 Å². The summed E-state index contributed by atoms with van der Waals surface area (Å²) in [7, 11) is 0. The topological polar surface area (TPSA) is 37.9 Å². The fraction of sp³-hybridized carbons (Fsp3) is 0.375. The Morgan fingerprint density at radius 3 is 2.85 bits per heavy atom. The molecule has 1 aromatic carbocycles. The Morgan fingerprint density at radius 1 is 1.25 bits per heavy atom. The van der Waals surface area contributed by atoms with Crippen LogP contribution in [0.1, 0.15) is 25.1 Å². The van der Waals surface area contributed by atoms with E-state index in [1.807, 2.05) is 24.3 Å². The molecule has 1 fully saturated rings. The third-order valence-corrected chi connectivity index (χ3v) is 3.78. The van der Waals surface area contributed by atoms with Gasteiger partial charge in [-0.2, -0.15) is 0 Å². The molecule has 1 aliphatic rings. The Hall–Kier alpha value is -1.52. The van der Waals surface area contributed by atoms with Gasteiger partial charge in [-0.05, 0) is 30.9 Å². The van der Waals surface area contributed by atoms with E-state index in [1.54, 1.807) is 0 Å². The van der Waals surface area contributed by atoms with Gasteiger partial charge in [-0.15, -0.1) is 0 Å². The second-order valence-corrected chi connectivity index (χ2v) is 5.56. The van der Waals surface area contributed by atoms with Gasteiger partial charge in [0.05, 0.1) is 6.10 Å². The van der Waals surface area contributed by atoms with Gasteiger partial charge in [-0.25, -0.2) is 4.98 Å². The summed E-state index contributed by atoms with van der Waals surface area (Å²) in [6.07, 6.45) is 4.60. The summed E-state index contributed by atoms with van der Waals surface area (Å²) in [5, 5.41) is 0. The lowest BCUT2D eigenvalue weighted by atomic mass is 10.1. The van der Waals surface area contributed by atoms with Crippen LogP contribution in [0.2, 0.25) is 0 Å². The van der Waals surface area contributed by atoms with Crippen molar-refractivity contribution < 1.29 is 4.74 Å². The molecule has 0 bridgehead atoms. The van der Waals surface area contributed by atoms with E-state index in [0.29, 0.717) is 4.64 Å². The Balaban J connectivity index is 1.85. The highest BCUT2D eigenvalue weighted by molar-refractivity contribution is 7.71. The van der Waals surface area contributed by atoms with Crippen molar-refractivity contribution in [1.29, 1.82) is 0 Å². The highest BCUT2D eigenvalue weighted by Crippen LogP contribution is 2.19. The molecular formula is C16H18N2OS. The third kappa shape index (κ3) is 3.32. The third-order valence-electron chi connectivity index (χ3n) is 3.57. The van der Waals surface area contributed by atoms with Gasteiger partial charge in [0.1, 0.15) is 10.5 Å². The van der Waals surface area contributed by atoms with E-state index in [4.69, 9.17) is 17.0 Å². The maximum absolute atomic E-state index is 5.77. The van der Waals surface area contributed by atoms with Crippen LogP contribution in [0.25, 0.3) is 11.3 Å². The van der Waals surface area contributed by atoms with Crippen LogP contribution in [0, 0.1) is 4.64 Å². The second kappa shape index (κ2) is 6.29. The predicted molar refractivity (Wildman–Crippen MR) is 82.2 cm³/mol. The van der Waals surface area contributed by atoms with Crippen molar-refractivity contribution in [3.8, 4) is 11.3 Å². The van der Waals surface area contributed by atoms with Crippen molar-refractivity contribution in [3.63, 3.8) is 0 Å². The Bertz CT molecular complexity index is 618. The van der Waals surface area contributed by atoms with Crippen molar-refractivity contribution >= 4 is 12.2 Å². The Kier molecular flexibility index (Phi) is 4.23. The molecular weight excluding hydrogens is 268 g/mol. The van der Waals surface area contributed by atoms with Crippen molar-refractivity contribution in [1.82, 2.24) is 9.97 Å². The molecule has 1 aromatic heterocycles. The molecule has 2 heterocycles. The van der Waals surface area contributed by atoms with Crippen molar-refractivity contribution in [3.05, 3.63) is 46.9 Å². The molecule has 1 N–H and O–H groups in total. The molecule has 4 heteroatoms. The summed E-state index contributed by atoms with van der Waals surface area (Å²) in [5.74, 6) is 0.920. The van der Waals surface area contributed by atoms with E-state index >= 15 is 0 Å². The molecule has 0 amide bonds. The normalized spacial score (nSPS) is 18.9. The Labute approximate surface area is 124 Å². The van der Waals surface area contributed by atoms with Crippen molar-refractivity contribution in [2.24, 2.45) is 0 Å². The molecule has 1 saturated heterocycles. The molecule has 0 spiro atoms. The number of ether oxygens (including phenoxy) is 1. The predicted octanol–water partition coefficient (Wildman–Crippen LogP) is 3.92. The number of aromatic amines is 1. The molecule has 0 aliphatic carbocycles.